The zero-order chi connectivity index (χ0) is 14.4. The van der Waals surface area contributed by atoms with Crippen LogP contribution in [0.2, 0.25) is 0 Å². The van der Waals surface area contributed by atoms with E-state index < -0.39 is 0 Å². The number of hydrogen-bond acceptors (Lipinski definition) is 2. The normalized spacial score (nSPS) is 10.6. The van der Waals surface area contributed by atoms with Gasteiger partial charge < -0.3 is 0 Å². The third kappa shape index (κ3) is 4.38. The Bertz CT molecular complexity index is 494. The Labute approximate surface area is 114 Å². The maximum atomic E-state index is 13.0. The Hall–Kier alpha value is -1.87. The van der Waals surface area contributed by atoms with Crippen molar-refractivity contribution < 1.29 is 4.39 Å². The van der Waals surface area contributed by atoms with Gasteiger partial charge in [0.1, 0.15) is 5.82 Å². The minimum atomic E-state index is -0.240. The fourth-order valence-corrected chi connectivity index (χ4v) is 1.66. The predicted octanol–water partition coefficient (Wildman–Crippen LogP) is 4.19. The number of allylic oxidation sites excluding steroid dienone is 4. The lowest BCUT2D eigenvalue weighted by Gasteiger charge is -2.26. The minimum absolute atomic E-state index is 0.240. The molecule has 1 aromatic carbocycles. The first kappa shape index (κ1) is 15.2. The molecule has 0 aliphatic heterocycles. The molecule has 1 rings (SSSR count). The SMILES string of the molecule is C=C(C)/C=C\C(=C(C)C)N(NC)c1ccc(F)cc1. The first-order valence-corrected chi connectivity index (χ1v) is 6.20. The molecule has 0 radical (unpaired) electrons. The molecule has 0 heterocycles. The van der Waals surface area contributed by atoms with E-state index in [2.05, 4.69) is 12.0 Å². The molecule has 0 unspecified atom stereocenters. The van der Waals surface area contributed by atoms with Gasteiger partial charge in [-0.05, 0) is 51.1 Å². The second-order valence-electron chi connectivity index (χ2n) is 4.60. The topological polar surface area (TPSA) is 15.3 Å². The molecular weight excluding hydrogens is 239 g/mol. The highest BCUT2D eigenvalue weighted by Gasteiger charge is 2.09. The molecule has 0 amide bonds. The van der Waals surface area contributed by atoms with Gasteiger partial charge in [0.05, 0.1) is 11.4 Å². The first-order valence-electron chi connectivity index (χ1n) is 6.20. The molecular formula is C16H21FN2. The van der Waals surface area contributed by atoms with Crippen molar-refractivity contribution in [1.29, 1.82) is 0 Å². The Morgan fingerprint density at radius 2 is 1.74 bits per heavy atom. The van der Waals surface area contributed by atoms with Crippen molar-refractivity contribution >= 4 is 5.69 Å². The molecule has 0 aromatic heterocycles. The lowest BCUT2D eigenvalue weighted by atomic mass is 10.2. The summed E-state index contributed by atoms with van der Waals surface area (Å²) >= 11 is 0. The van der Waals surface area contributed by atoms with Crippen LogP contribution in [0.15, 0.2) is 59.8 Å². The molecule has 1 N–H and O–H groups in total. The largest absolute Gasteiger partial charge is 0.277 e. The predicted molar refractivity (Wildman–Crippen MR) is 80.3 cm³/mol. The van der Waals surface area contributed by atoms with Gasteiger partial charge in [-0.2, -0.15) is 0 Å². The van der Waals surface area contributed by atoms with E-state index in [0.717, 1.165) is 22.5 Å². The summed E-state index contributed by atoms with van der Waals surface area (Å²) in [5, 5.41) is 1.91. The number of anilines is 1. The van der Waals surface area contributed by atoms with Crippen LogP contribution >= 0.6 is 0 Å². The van der Waals surface area contributed by atoms with Crippen LogP contribution in [-0.4, -0.2) is 7.05 Å². The van der Waals surface area contributed by atoms with Crippen molar-refractivity contribution in [3.05, 3.63) is 65.7 Å². The van der Waals surface area contributed by atoms with Gasteiger partial charge in [-0.3, -0.25) is 5.01 Å². The average molecular weight is 260 g/mol. The Balaban J connectivity index is 3.15. The Morgan fingerprint density at radius 3 is 2.16 bits per heavy atom. The van der Waals surface area contributed by atoms with Gasteiger partial charge in [-0.1, -0.05) is 23.8 Å². The number of nitrogens with zero attached hydrogens (tertiary/aromatic N) is 1. The first-order chi connectivity index (χ1) is 8.95. The summed E-state index contributed by atoms with van der Waals surface area (Å²) in [6.07, 6.45) is 3.95. The van der Waals surface area contributed by atoms with Crippen LogP contribution in [0, 0.1) is 5.82 Å². The molecule has 0 fully saturated rings. The lowest BCUT2D eigenvalue weighted by Crippen LogP contribution is -2.34. The molecule has 0 aliphatic rings. The summed E-state index contributed by atoms with van der Waals surface area (Å²) in [7, 11) is 1.83. The van der Waals surface area contributed by atoms with Crippen molar-refractivity contribution in [2.24, 2.45) is 0 Å². The summed E-state index contributed by atoms with van der Waals surface area (Å²) < 4.78 is 13.0. The fourth-order valence-electron chi connectivity index (χ4n) is 1.66. The van der Waals surface area contributed by atoms with E-state index in [1.807, 2.05) is 45.0 Å². The van der Waals surface area contributed by atoms with Gasteiger partial charge in [-0.25, -0.2) is 9.82 Å². The van der Waals surface area contributed by atoms with Crippen LogP contribution in [0.3, 0.4) is 0 Å². The van der Waals surface area contributed by atoms with Gasteiger partial charge in [0.25, 0.3) is 0 Å². The molecule has 0 aliphatic carbocycles. The molecule has 19 heavy (non-hydrogen) atoms. The minimum Gasteiger partial charge on any atom is -0.277 e. The van der Waals surface area contributed by atoms with Crippen molar-refractivity contribution in [1.82, 2.24) is 5.43 Å². The van der Waals surface area contributed by atoms with Crippen molar-refractivity contribution in [2.45, 2.75) is 20.8 Å². The summed E-state index contributed by atoms with van der Waals surface area (Å²) in [6, 6.07) is 6.38. The molecule has 2 nitrogen and oxygen atoms in total. The van der Waals surface area contributed by atoms with Crippen LogP contribution in [-0.2, 0) is 0 Å². The summed E-state index contributed by atoms with van der Waals surface area (Å²) in [5.74, 6) is -0.240. The summed E-state index contributed by atoms with van der Waals surface area (Å²) in [5.41, 5.74) is 7.14. The van der Waals surface area contributed by atoms with Crippen LogP contribution in [0.4, 0.5) is 10.1 Å². The van der Waals surface area contributed by atoms with E-state index in [1.54, 1.807) is 12.1 Å². The third-order valence-electron chi connectivity index (χ3n) is 2.59. The third-order valence-corrected chi connectivity index (χ3v) is 2.59. The highest BCUT2D eigenvalue weighted by molar-refractivity contribution is 5.54. The zero-order valence-corrected chi connectivity index (χ0v) is 12.0. The van der Waals surface area contributed by atoms with Crippen molar-refractivity contribution in [2.75, 3.05) is 12.1 Å². The molecule has 0 bridgehead atoms. The number of halogens is 1. The standard InChI is InChI=1S/C16H21FN2/c1-12(2)6-11-16(13(3)4)19(18-5)15-9-7-14(17)8-10-15/h6-11,18H,1H2,2-5H3/b11-6-. The quantitative estimate of drug-likeness (QED) is 0.630. The summed E-state index contributed by atoms with van der Waals surface area (Å²) in [6.45, 7) is 9.87. The highest BCUT2D eigenvalue weighted by atomic mass is 19.1. The van der Waals surface area contributed by atoms with Gasteiger partial charge in [-0.15, -0.1) is 0 Å². The molecule has 1 aromatic rings. The maximum Gasteiger partial charge on any atom is 0.123 e. The van der Waals surface area contributed by atoms with Gasteiger partial charge in [0.15, 0.2) is 0 Å². The number of hydrogen-bond donors (Lipinski definition) is 1. The van der Waals surface area contributed by atoms with Gasteiger partial charge in [0, 0.05) is 7.05 Å². The smallest absolute Gasteiger partial charge is 0.123 e. The summed E-state index contributed by atoms with van der Waals surface area (Å²) in [4.78, 5) is 0. The lowest BCUT2D eigenvalue weighted by molar-refractivity contribution is 0.627. The van der Waals surface area contributed by atoms with Crippen LogP contribution < -0.4 is 10.4 Å². The van der Waals surface area contributed by atoms with E-state index in [-0.39, 0.29) is 5.82 Å². The number of nitrogens with one attached hydrogen (secondary N) is 1. The van der Waals surface area contributed by atoms with Crippen molar-refractivity contribution in [3.8, 4) is 0 Å². The fraction of sp³-hybridized carbons (Fsp3) is 0.250. The number of hydrazine groups is 1. The molecule has 0 saturated heterocycles. The van der Waals surface area contributed by atoms with Crippen LogP contribution in [0.25, 0.3) is 0 Å². The highest BCUT2D eigenvalue weighted by Crippen LogP contribution is 2.20. The van der Waals surface area contributed by atoms with E-state index in [1.165, 1.54) is 12.1 Å². The van der Waals surface area contributed by atoms with Crippen LogP contribution in [0.5, 0.6) is 0 Å². The van der Waals surface area contributed by atoms with Gasteiger partial charge >= 0.3 is 0 Å². The van der Waals surface area contributed by atoms with E-state index in [9.17, 15) is 4.39 Å². The molecule has 0 saturated carbocycles. The van der Waals surface area contributed by atoms with E-state index >= 15 is 0 Å². The number of benzene rings is 1. The monoisotopic (exact) mass is 260 g/mol. The zero-order valence-electron chi connectivity index (χ0n) is 12.0. The molecule has 0 spiro atoms. The van der Waals surface area contributed by atoms with Crippen molar-refractivity contribution in [3.63, 3.8) is 0 Å². The second-order valence-corrected chi connectivity index (χ2v) is 4.60. The molecule has 0 atom stereocenters. The second kappa shape index (κ2) is 6.90. The Kier molecular flexibility index (Phi) is 5.52. The average Bonchev–Trinajstić information content (AvgIpc) is 2.35. The maximum absolute atomic E-state index is 13.0. The van der Waals surface area contributed by atoms with E-state index in [0.29, 0.717) is 0 Å². The molecule has 102 valence electrons. The molecule has 3 heteroatoms. The van der Waals surface area contributed by atoms with E-state index in [4.69, 9.17) is 0 Å². The van der Waals surface area contributed by atoms with Crippen LogP contribution in [0.1, 0.15) is 20.8 Å². The Morgan fingerprint density at radius 1 is 1.16 bits per heavy atom. The number of rotatable bonds is 5. The van der Waals surface area contributed by atoms with Gasteiger partial charge in [0.2, 0.25) is 0 Å².